The van der Waals surface area contributed by atoms with Crippen molar-refractivity contribution in [1.29, 1.82) is 0 Å². The first-order valence-electron chi connectivity index (χ1n) is 5.01. The Morgan fingerprint density at radius 2 is 2.25 bits per heavy atom. The van der Waals surface area contributed by atoms with Gasteiger partial charge in [-0.05, 0) is 25.2 Å². The fraction of sp³-hybridized carbons (Fsp3) is 0.364. The minimum Gasteiger partial charge on any atom is -0.398 e. The zero-order chi connectivity index (χ0) is 12.1. The fourth-order valence-electron chi connectivity index (χ4n) is 1.28. The second-order valence-electron chi connectivity index (χ2n) is 3.57. The van der Waals surface area contributed by atoms with Gasteiger partial charge in [0.05, 0.1) is 10.7 Å². The van der Waals surface area contributed by atoms with Gasteiger partial charge in [-0.15, -0.1) is 0 Å². The van der Waals surface area contributed by atoms with Crippen molar-refractivity contribution in [3.8, 4) is 0 Å². The van der Waals surface area contributed by atoms with E-state index in [9.17, 15) is 4.79 Å². The highest BCUT2D eigenvalue weighted by Crippen LogP contribution is 2.20. The summed E-state index contributed by atoms with van der Waals surface area (Å²) < 4.78 is 0. The number of hydrogen-bond donors (Lipinski definition) is 2. The predicted octanol–water partition coefficient (Wildman–Crippen LogP) is 1.21. The van der Waals surface area contributed by atoms with Crippen LogP contribution in [-0.2, 0) is 0 Å². The van der Waals surface area contributed by atoms with Crippen LogP contribution in [0.25, 0.3) is 0 Å². The second-order valence-corrected chi connectivity index (χ2v) is 3.97. The lowest BCUT2D eigenvalue weighted by Gasteiger charge is -2.17. The number of amides is 1. The van der Waals surface area contributed by atoms with Crippen molar-refractivity contribution in [3.05, 3.63) is 28.8 Å². The average Bonchev–Trinajstić information content (AvgIpc) is 2.28. The molecule has 1 amide bonds. The Labute approximate surface area is 100 Å². The maximum absolute atomic E-state index is 11.9. The SMILES string of the molecule is CNCCN(C)C(=O)c1ccc(Cl)c(N)c1. The number of anilines is 1. The van der Waals surface area contributed by atoms with Crippen molar-refractivity contribution in [2.75, 3.05) is 32.9 Å². The van der Waals surface area contributed by atoms with Crippen LogP contribution in [0, 0.1) is 0 Å². The Kier molecular flexibility index (Phi) is 4.58. The van der Waals surface area contributed by atoms with Crippen molar-refractivity contribution in [2.24, 2.45) is 0 Å². The highest BCUT2D eigenvalue weighted by atomic mass is 35.5. The molecule has 0 saturated carbocycles. The van der Waals surface area contributed by atoms with Crippen LogP contribution in [0.2, 0.25) is 5.02 Å². The van der Waals surface area contributed by atoms with Gasteiger partial charge in [-0.25, -0.2) is 0 Å². The summed E-state index contributed by atoms with van der Waals surface area (Å²) in [7, 11) is 3.60. The summed E-state index contributed by atoms with van der Waals surface area (Å²) in [4.78, 5) is 13.6. The lowest BCUT2D eigenvalue weighted by atomic mass is 10.2. The average molecular weight is 242 g/mol. The van der Waals surface area contributed by atoms with Gasteiger partial charge in [0.25, 0.3) is 5.91 Å². The zero-order valence-corrected chi connectivity index (χ0v) is 10.2. The molecule has 16 heavy (non-hydrogen) atoms. The molecular weight excluding hydrogens is 226 g/mol. The number of nitrogen functional groups attached to an aromatic ring is 1. The molecule has 0 bridgehead atoms. The summed E-state index contributed by atoms with van der Waals surface area (Å²) in [6.45, 7) is 1.41. The third kappa shape index (κ3) is 3.12. The van der Waals surface area contributed by atoms with E-state index in [0.29, 0.717) is 22.8 Å². The number of halogens is 1. The third-order valence-corrected chi connectivity index (χ3v) is 2.63. The largest absolute Gasteiger partial charge is 0.398 e. The van der Waals surface area contributed by atoms with Crippen LogP contribution in [0.5, 0.6) is 0 Å². The molecular formula is C11H16ClN3O. The van der Waals surface area contributed by atoms with E-state index >= 15 is 0 Å². The molecule has 88 valence electrons. The van der Waals surface area contributed by atoms with Crippen LogP contribution in [0.15, 0.2) is 18.2 Å². The van der Waals surface area contributed by atoms with Crippen LogP contribution in [0.3, 0.4) is 0 Å². The molecule has 0 heterocycles. The molecule has 0 aliphatic carbocycles. The molecule has 3 N–H and O–H groups in total. The lowest BCUT2D eigenvalue weighted by Crippen LogP contribution is -2.32. The fourth-order valence-corrected chi connectivity index (χ4v) is 1.40. The number of nitrogens with zero attached hydrogens (tertiary/aromatic N) is 1. The van der Waals surface area contributed by atoms with Gasteiger partial charge in [-0.1, -0.05) is 11.6 Å². The summed E-state index contributed by atoms with van der Waals surface area (Å²) in [5.41, 5.74) is 6.63. The van der Waals surface area contributed by atoms with Crippen LogP contribution in [0.4, 0.5) is 5.69 Å². The molecule has 0 saturated heterocycles. The first-order valence-corrected chi connectivity index (χ1v) is 5.39. The number of nitrogens with one attached hydrogen (secondary N) is 1. The highest BCUT2D eigenvalue weighted by Gasteiger charge is 2.11. The van der Waals surface area contributed by atoms with Gasteiger partial charge in [0.1, 0.15) is 0 Å². The van der Waals surface area contributed by atoms with E-state index in [4.69, 9.17) is 17.3 Å². The Morgan fingerprint density at radius 1 is 1.56 bits per heavy atom. The number of nitrogens with two attached hydrogens (primary N) is 1. The van der Waals surface area contributed by atoms with E-state index in [1.54, 1.807) is 30.1 Å². The first-order chi connectivity index (χ1) is 7.56. The highest BCUT2D eigenvalue weighted by molar-refractivity contribution is 6.33. The van der Waals surface area contributed by atoms with Crippen molar-refractivity contribution >= 4 is 23.2 Å². The Bertz CT molecular complexity index is 381. The maximum atomic E-state index is 11.9. The number of likely N-dealkylation sites (N-methyl/N-ethyl adjacent to an activating group) is 2. The summed E-state index contributed by atoms with van der Waals surface area (Å²) in [6.07, 6.45) is 0. The number of benzene rings is 1. The Morgan fingerprint density at radius 3 is 2.81 bits per heavy atom. The molecule has 1 aromatic carbocycles. The molecule has 0 aliphatic heterocycles. The van der Waals surface area contributed by atoms with E-state index in [2.05, 4.69) is 5.32 Å². The molecule has 0 unspecified atom stereocenters. The van der Waals surface area contributed by atoms with E-state index in [-0.39, 0.29) is 5.91 Å². The van der Waals surface area contributed by atoms with E-state index in [1.807, 2.05) is 7.05 Å². The Balaban J connectivity index is 2.76. The van der Waals surface area contributed by atoms with Gasteiger partial charge in [-0.2, -0.15) is 0 Å². The van der Waals surface area contributed by atoms with Gasteiger partial charge in [-0.3, -0.25) is 4.79 Å². The first kappa shape index (κ1) is 12.8. The number of carbonyl (C=O) groups excluding carboxylic acids is 1. The standard InChI is InChI=1S/C11H16ClN3O/c1-14-5-6-15(2)11(16)8-3-4-9(12)10(13)7-8/h3-4,7,14H,5-6,13H2,1-2H3. The molecule has 0 atom stereocenters. The summed E-state index contributed by atoms with van der Waals surface area (Å²) in [5, 5.41) is 3.45. The van der Waals surface area contributed by atoms with Crippen LogP contribution in [-0.4, -0.2) is 38.0 Å². The Hall–Kier alpha value is -1.26. The molecule has 1 aromatic rings. The maximum Gasteiger partial charge on any atom is 0.253 e. The molecule has 1 rings (SSSR count). The lowest BCUT2D eigenvalue weighted by molar-refractivity contribution is 0.0797. The number of carbonyl (C=O) groups is 1. The minimum absolute atomic E-state index is 0.0568. The monoisotopic (exact) mass is 241 g/mol. The van der Waals surface area contributed by atoms with Crippen molar-refractivity contribution < 1.29 is 4.79 Å². The molecule has 0 radical (unpaired) electrons. The molecule has 0 fully saturated rings. The van der Waals surface area contributed by atoms with Crippen molar-refractivity contribution in [2.45, 2.75) is 0 Å². The molecule has 4 nitrogen and oxygen atoms in total. The van der Waals surface area contributed by atoms with E-state index < -0.39 is 0 Å². The number of rotatable bonds is 4. The van der Waals surface area contributed by atoms with Gasteiger partial charge in [0.15, 0.2) is 0 Å². The van der Waals surface area contributed by atoms with Crippen LogP contribution >= 0.6 is 11.6 Å². The van der Waals surface area contributed by atoms with Crippen LogP contribution in [0.1, 0.15) is 10.4 Å². The minimum atomic E-state index is -0.0568. The second kappa shape index (κ2) is 5.72. The predicted molar refractivity (Wildman–Crippen MR) is 66.8 cm³/mol. The summed E-state index contributed by atoms with van der Waals surface area (Å²) in [5.74, 6) is -0.0568. The van der Waals surface area contributed by atoms with Gasteiger partial charge < -0.3 is 16.0 Å². The topological polar surface area (TPSA) is 58.4 Å². The van der Waals surface area contributed by atoms with E-state index in [0.717, 1.165) is 6.54 Å². The summed E-state index contributed by atoms with van der Waals surface area (Å²) in [6, 6.07) is 4.91. The van der Waals surface area contributed by atoms with E-state index in [1.165, 1.54) is 0 Å². The molecule has 0 aromatic heterocycles. The van der Waals surface area contributed by atoms with Gasteiger partial charge in [0, 0.05) is 25.7 Å². The third-order valence-electron chi connectivity index (χ3n) is 2.29. The van der Waals surface area contributed by atoms with Crippen molar-refractivity contribution in [3.63, 3.8) is 0 Å². The smallest absolute Gasteiger partial charge is 0.253 e. The van der Waals surface area contributed by atoms with Crippen molar-refractivity contribution in [1.82, 2.24) is 10.2 Å². The summed E-state index contributed by atoms with van der Waals surface area (Å²) >= 11 is 5.79. The van der Waals surface area contributed by atoms with Crippen LogP contribution < -0.4 is 11.1 Å². The molecule has 5 heteroatoms. The molecule has 0 spiro atoms. The quantitative estimate of drug-likeness (QED) is 0.780. The van der Waals surface area contributed by atoms with Gasteiger partial charge >= 0.3 is 0 Å². The zero-order valence-electron chi connectivity index (χ0n) is 9.46. The molecule has 0 aliphatic rings. The normalized spacial score (nSPS) is 10.2. The van der Waals surface area contributed by atoms with Gasteiger partial charge in [0.2, 0.25) is 0 Å². The number of hydrogen-bond acceptors (Lipinski definition) is 3.